The van der Waals surface area contributed by atoms with E-state index in [-0.39, 0.29) is 0 Å². The topological polar surface area (TPSA) is 6.48 Å². The zero-order chi connectivity index (χ0) is 18.0. The molecule has 1 aliphatic rings. The van der Waals surface area contributed by atoms with Gasteiger partial charge in [0.05, 0.1) is 11.4 Å². The van der Waals surface area contributed by atoms with E-state index < -0.39 is 0 Å². The first-order valence-corrected chi connectivity index (χ1v) is 10.7. The van der Waals surface area contributed by atoms with Gasteiger partial charge in [-0.2, -0.15) is 0 Å². The molecule has 0 aromatic heterocycles. The van der Waals surface area contributed by atoms with Gasteiger partial charge in [0, 0.05) is 33.0 Å². The lowest BCUT2D eigenvalue weighted by molar-refractivity contribution is 0.319. The summed E-state index contributed by atoms with van der Waals surface area (Å²) in [5.41, 5.74) is 2.69. The molecule has 0 saturated heterocycles. The van der Waals surface area contributed by atoms with Crippen LogP contribution < -0.4 is 4.90 Å². The highest BCUT2D eigenvalue weighted by Gasteiger charge is 2.25. The van der Waals surface area contributed by atoms with Gasteiger partial charge in [0.25, 0.3) is 0 Å². The number of fused-ring (bicyclic) bond motifs is 2. The third kappa shape index (κ3) is 4.36. The van der Waals surface area contributed by atoms with Gasteiger partial charge in [-0.3, -0.25) is 0 Å². The van der Waals surface area contributed by atoms with Crippen molar-refractivity contribution in [2.45, 2.75) is 41.5 Å². The fourth-order valence-corrected chi connectivity index (χ4v) is 4.75. The minimum Gasteiger partial charge on any atom is -0.338 e. The Balaban J connectivity index is 1.96. The minimum absolute atomic E-state index is 0.482. The lowest BCUT2D eigenvalue weighted by Gasteiger charge is -2.36. The molecule has 3 rings (SSSR count). The van der Waals surface area contributed by atoms with Crippen molar-refractivity contribution in [1.82, 2.24) is 4.90 Å². The van der Waals surface area contributed by atoms with E-state index in [9.17, 15) is 0 Å². The first-order chi connectivity index (χ1) is 12.0. The van der Waals surface area contributed by atoms with Crippen molar-refractivity contribution < 1.29 is 0 Å². The molecule has 1 heterocycles. The van der Waals surface area contributed by atoms with Crippen LogP contribution in [-0.4, -0.2) is 37.3 Å². The van der Waals surface area contributed by atoms with Gasteiger partial charge in [-0.1, -0.05) is 37.7 Å². The predicted octanol–water partition coefficient (Wildman–Crippen LogP) is 5.99. The second-order valence-electron chi connectivity index (χ2n) is 7.33. The summed E-state index contributed by atoms with van der Waals surface area (Å²) in [6.07, 6.45) is 0. The normalized spacial score (nSPS) is 14.6. The Morgan fingerprint density at radius 3 is 2.44 bits per heavy atom. The lowest BCUT2D eigenvalue weighted by atomic mass is 10.2. The molecule has 0 radical (unpaired) electrons. The fourth-order valence-electron chi connectivity index (χ4n) is 2.79. The zero-order valence-corrected chi connectivity index (χ0v) is 17.5. The number of anilines is 2. The second-order valence-corrected chi connectivity index (χ2v) is 9.50. The molecule has 0 N–H and O–H groups in total. The highest BCUT2D eigenvalue weighted by atomic mass is 32.2. The largest absolute Gasteiger partial charge is 0.338 e. The summed E-state index contributed by atoms with van der Waals surface area (Å²) < 4.78 is 0. The molecule has 2 nitrogen and oxygen atoms in total. The van der Waals surface area contributed by atoms with Crippen molar-refractivity contribution in [3.05, 3.63) is 42.5 Å². The Hall–Kier alpha value is -1.10. The Morgan fingerprint density at radius 1 is 1.00 bits per heavy atom. The van der Waals surface area contributed by atoms with E-state index in [0.717, 1.165) is 12.3 Å². The number of rotatable bonds is 6. The molecule has 0 bridgehead atoms. The molecule has 134 valence electrons. The van der Waals surface area contributed by atoms with Crippen molar-refractivity contribution >= 4 is 34.9 Å². The van der Waals surface area contributed by atoms with E-state index in [1.807, 2.05) is 23.5 Å². The Labute approximate surface area is 161 Å². The summed E-state index contributed by atoms with van der Waals surface area (Å²) >= 11 is 3.85. The van der Waals surface area contributed by atoms with Gasteiger partial charge in [-0.05, 0) is 57.3 Å². The highest BCUT2D eigenvalue weighted by Crippen LogP contribution is 2.49. The van der Waals surface area contributed by atoms with Crippen molar-refractivity contribution in [3.8, 4) is 0 Å². The molecule has 1 unspecified atom stereocenters. The lowest BCUT2D eigenvalue weighted by Crippen LogP contribution is -2.37. The number of likely N-dealkylation sites (N-methyl/N-ethyl adjacent to an activating group) is 1. The molecule has 2 aromatic carbocycles. The summed E-state index contributed by atoms with van der Waals surface area (Å²) in [5, 5.41) is 0. The molecule has 1 aliphatic heterocycles. The van der Waals surface area contributed by atoms with Gasteiger partial charge < -0.3 is 9.80 Å². The number of hydrogen-bond acceptors (Lipinski definition) is 4. The molecule has 0 aliphatic carbocycles. The summed E-state index contributed by atoms with van der Waals surface area (Å²) in [4.78, 5) is 8.88. The Bertz CT molecular complexity index is 728. The number of para-hydroxylation sites is 1. The van der Waals surface area contributed by atoms with E-state index >= 15 is 0 Å². The maximum absolute atomic E-state index is 2.51. The third-order valence-corrected chi connectivity index (χ3v) is 7.06. The van der Waals surface area contributed by atoms with Gasteiger partial charge in [-0.25, -0.2) is 0 Å². The summed E-state index contributed by atoms with van der Waals surface area (Å²) in [6.45, 7) is 7.85. The van der Waals surface area contributed by atoms with Crippen LogP contribution >= 0.6 is 23.5 Å². The van der Waals surface area contributed by atoms with Gasteiger partial charge in [0.15, 0.2) is 0 Å². The quantitative estimate of drug-likeness (QED) is 0.575. The van der Waals surface area contributed by atoms with Crippen LogP contribution in [0.1, 0.15) is 20.8 Å². The predicted molar refractivity (Wildman–Crippen MR) is 113 cm³/mol. The van der Waals surface area contributed by atoms with Crippen LogP contribution in [0.5, 0.6) is 0 Å². The van der Waals surface area contributed by atoms with Crippen LogP contribution in [0.4, 0.5) is 11.4 Å². The number of benzene rings is 2. The SMILES string of the molecule is CC(C)CSc1ccc2c(c1)N(CC(C)N(C)C)c1ccccc1S2. The van der Waals surface area contributed by atoms with Crippen molar-refractivity contribution in [2.75, 3.05) is 31.3 Å². The molecule has 0 spiro atoms. The standard InChI is InChI=1S/C21H28N2S2/c1-15(2)14-24-17-10-11-21-19(12-17)23(13-16(3)22(4)5)18-8-6-7-9-20(18)25-21/h6-12,15-16H,13-14H2,1-5H3. The van der Waals surface area contributed by atoms with Gasteiger partial charge in [-0.15, -0.1) is 11.8 Å². The minimum atomic E-state index is 0.482. The monoisotopic (exact) mass is 372 g/mol. The summed E-state index contributed by atoms with van der Waals surface area (Å²) in [6, 6.07) is 16.2. The second kappa shape index (κ2) is 8.07. The molecule has 0 fully saturated rings. The summed E-state index contributed by atoms with van der Waals surface area (Å²) in [5.74, 6) is 1.87. The van der Waals surface area contributed by atoms with Gasteiger partial charge in [0.2, 0.25) is 0 Å². The molecule has 4 heteroatoms. The fraction of sp³-hybridized carbons (Fsp3) is 0.429. The Kier molecular flexibility index (Phi) is 6.03. The average molecular weight is 373 g/mol. The smallest absolute Gasteiger partial charge is 0.0564 e. The van der Waals surface area contributed by atoms with Crippen LogP contribution in [0.3, 0.4) is 0 Å². The molecule has 0 amide bonds. The van der Waals surface area contributed by atoms with Crippen LogP contribution in [0.15, 0.2) is 57.2 Å². The first-order valence-electron chi connectivity index (χ1n) is 8.93. The third-order valence-electron chi connectivity index (χ3n) is 4.51. The van der Waals surface area contributed by atoms with Crippen LogP contribution in [0.2, 0.25) is 0 Å². The van der Waals surface area contributed by atoms with E-state index in [2.05, 4.69) is 87.1 Å². The van der Waals surface area contributed by atoms with E-state index in [1.54, 1.807) is 0 Å². The average Bonchev–Trinajstić information content (AvgIpc) is 2.59. The van der Waals surface area contributed by atoms with Gasteiger partial charge >= 0.3 is 0 Å². The molecular formula is C21H28N2S2. The molecule has 1 atom stereocenters. The van der Waals surface area contributed by atoms with E-state index in [0.29, 0.717) is 12.0 Å². The van der Waals surface area contributed by atoms with Crippen LogP contribution in [0.25, 0.3) is 0 Å². The van der Waals surface area contributed by atoms with Crippen LogP contribution in [-0.2, 0) is 0 Å². The number of hydrogen-bond donors (Lipinski definition) is 0. The Morgan fingerprint density at radius 2 is 1.72 bits per heavy atom. The van der Waals surface area contributed by atoms with Crippen molar-refractivity contribution in [3.63, 3.8) is 0 Å². The number of nitrogens with zero attached hydrogens (tertiary/aromatic N) is 2. The van der Waals surface area contributed by atoms with Crippen molar-refractivity contribution in [1.29, 1.82) is 0 Å². The summed E-state index contributed by atoms with van der Waals surface area (Å²) in [7, 11) is 4.32. The highest BCUT2D eigenvalue weighted by molar-refractivity contribution is 8.00. The zero-order valence-electron chi connectivity index (χ0n) is 15.8. The maximum atomic E-state index is 2.51. The van der Waals surface area contributed by atoms with Gasteiger partial charge in [0.1, 0.15) is 0 Å². The molecular weight excluding hydrogens is 344 g/mol. The van der Waals surface area contributed by atoms with Crippen LogP contribution in [0, 0.1) is 5.92 Å². The van der Waals surface area contributed by atoms with Crippen molar-refractivity contribution in [2.24, 2.45) is 5.92 Å². The number of thioether (sulfide) groups is 1. The first kappa shape index (κ1) is 18.7. The van der Waals surface area contributed by atoms with E-state index in [1.165, 1.54) is 26.1 Å². The molecule has 25 heavy (non-hydrogen) atoms. The molecule has 2 aromatic rings. The van der Waals surface area contributed by atoms with E-state index in [4.69, 9.17) is 0 Å². The molecule has 0 saturated carbocycles. The maximum Gasteiger partial charge on any atom is 0.0564 e.